The topological polar surface area (TPSA) is 87.7 Å². The standard InChI is InChI=1S/C20H25N3O4.ClH/c1-12-19(25)22-16-11-14(4-5-17(16)27-12)18(24)13-6-9-23(10-7-13)20(26)15-3-2-8-21-15;/h4-5,11-13,15,21H,2-3,6-10H2,1H3,(H,22,25);1H. The largest absolute Gasteiger partial charge is 0.479 e. The fourth-order valence-electron chi connectivity index (χ4n) is 4.08. The predicted octanol–water partition coefficient (Wildman–Crippen LogP) is 2.00. The first-order chi connectivity index (χ1) is 13.0. The predicted molar refractivity (Wildman–Crippen MR) is 107 cm³/mol. The van der Waals surface area contributed by atoms with Gasteiger partial charge in [0, 0.05) is 24.6 Å². The van der Waals surface area contributed by atoms with Crippen LogP contribution in [0.1, 0.15) is 43.0 Å². The van der Waals surface area contributed by atoms with Crippen molar-refractivity contribution in [2.45, 2.75) is 44.8 Å². The monoisotopic (exact) mass is 407 g/mol. The van der Waals surface area contributed by atoms with Gasteiger partial charge in [0.05, 0.1) is 11.7 Å². The van der Waals surface area contributed by atoms with Crippen LogP contribution >= 0.6 is 12.4 Å². The lowest BCUT2D eigenvalue weighted by Gasteiger charge is -2.33. The van der Waals surface area contributed by atoms with E-state index < -0.39 is 6.10 Å². The fourth-order valence-corrected chi connectivity index (χ4v) is 4.08. The van der Waals surface area contributed by atoms with E-state index in [-0.39, 0.29) is 42.0 Å². The maximum absolute atomic E-state index is 12.9. The average Bonchev–Trinajstić information content (AvgIpc) is 3.22. The molecule has 1 aromatic rings. The molecule has 2 unspecified atom stereocenters. The smallest absolute Gasteiger partial charge is 0.265 e. The minimum atomic E-state index is -0.532. The van der Waals surface area contributed by atoms with Gasteiger partial charge in [-0.3, -0.25) is 14.4 Å². The molecule has 3 aliphatic heterocycles. The molecule has 3 heterocycles. The number of rotatable bonds is 3. The van der Waals surface area contributed by atoms with Gasteiger partial charge in [0.15, 0.2) is 11.9 Å². The summed E-state index contributed by atoms with van der Waals surface area (Å²) in [6, 6.07) is 5.14. The second-order valence-corrected chi connectivity index (χ2v) is 7.57. The summed E-state index contributed by atoms with van der Waals surface area (Å²) < 4.78 is 5.54. The van der Waals surface area contributed by atoms with Gasteiger partial charge in [-0.15, -0.1) is 12.4 Å². The molecule has 2 fully saturated rings. The molecule has 0 aromatic heterocycles. The van der Waals surface area contributed by atoms with Crippen molar-refractivity contribution in [2.75, 3.05) is 25.0 Å². The second-order valence-electron chi connectivity index (χ2n) is 7.57. The van der Waals surface area contributed by atoms with Crippen LogP contribution in [0.2, 0.25) is 0 Å². The number of anilines is 1. The molecule has 152 valence electrons. The van der Waals surface area contributed by atoms with Crippen LogP contribution in [-0.4, -0.2) is 54.3 Å². The van der Waals surface area contributed by atoms with Gasteiger partial charge >= 0.3 is 0 Å². The number of Topliss-reactive ketones (excluding diaryl/α,β-unsaturated/α-hetero) is 1. The number of fused-ring (bicyclic) bond motifs is 1. The van der Waals surface area contributed by atoms with Crippen LogP contribution in [0.3, 0.4) is 0 Å². The molecule has 2 atom stereocenters. The Kier molecular flexibility index (Phi) is 6.25. The maximum Gasteiger partial charge on any atom is 0.265 e. The number of nitrogens with one attached hydrogen (secondary N) is 2. The molecule has 3 aliphatic rings. The van der Waals surface area contributed by atoms with E-state index in [0.717, 1.165) is 19.4 Å². The van der Waals surface area contributed by atoms with Crippen molar-refractivity contribution in [2.24, 2.45) is 5.92 Å². The van der Waals surface area contributed by atoms with Crippen molar-refractivity contribution in [3.63, 3.8) is 0 Å². The highest BCUT2D eigenvalue weighted by molar-refractivity contribution is 6.02. The van der Waals surface area contributed by atoms with Gasteiger partial charge in [-0.05, 0) is 57.4 Å². The highest BCUT2D eigenvalue weighted by Gasteiger charge is 2.32. The molecule has 0 saturated carbocycles. The highest BCUT2D eigenvalue weighted by Crippen LogP contribution is 2.32. The van der Waals surface area contributed by atoms with Gasteiger partial charge in [0.2, 0.25) is 5.91 Å². The molecule has 0 aliphatic carbocycles. The summed E-state index contributed by atoms with van der Waals surface area (Å²) in [5.41, 5.74) is 1.12. The number of halogens is 1. The molecule has 0 bridgehead atoms. The molecule has 8 heteroatoms. The van der Waals surface area contributed by atoms with Gasteiger partial charge in [-0.1, -0.05) is 0 Å². The number of benzene rings is 1. The first-order valence-corrected chi connectivity index (χ1v) is 9.71. The average molecular weight is 408 g/mol. The molecule has 2 saturated heterocycles. The Morgan fingerprint density at radius 3 is 2.61 bits per heavy atom. The van der Waals surface area contributed by atoms with E-state index in [4.69, 9.17) is 4.74 Å². The van der Waals surface area contributed by atoms with E-state index in [1.807, 2.05) is 4.90 Å². The summed E-state index contributed by atoms with van der Waals surface area (Å²) >= 11 is 0. The zero-order valence-electron chi connectivity index (χ0n) is 15.9. The molecular weight excluding hydrogens is 382 g/mol. The number of piperidine rings is 1. The minimum Gasteiger partial charge on any atom is -0.479 e. The Morgan fingerprint density at radius 1 is 1.18 bits per heavy atom. The van der Waals surface area contributed by atoms with Crippen molar-refractivity contribution in [3.05, 3.63) is 23.8 Å². The number of ketones is 1. The maximum atomic E-state index is 12.9. The summed E-state index contributed by atoms with van der Waals surface area (Å²) in [5, 5.41) is 6.03. The van der Waals surface area contributed by atoms with Gasteiger partial charge in [-0.25, -0.2) is 0 Å². The Balaban J connectivity index is 0.00000225. The van der Waals surface area contributed by atoms with Crippen molar-refractivity contribution in [3.8, 4) is 5.75 Å². The van der Waals surface area contributed by atoms with Crippen LogP contribution in [0.15, 0.2) is 18.2 Å². The normalized spacial score (nSPS) is 24.6. The van der Waals surface area contributed by atoms with Crippen molar-refractivity contribution >= 4 is 35.7 Å². The van der Waals surface area contributed by atoms with Crippen molar-refractivity contribution in [1.29, 1.82) is 0 Å². The van der Waals surface area contributed by atoms with E-state index in [1.54, 1.807) is 25.1 Å². The summed E-state index contributed by atoms with van der Waals surface area (Å²) in [5.74, 6) is 0.517. The third kappa shape index (κ3) is 4.00. The third-order valence-corrected chi connectivity index (χ3v) is 5.73. The quantitative estimate of drug-likeness (QED) is 0.748. The van der Waals surface area contributed by atoms with Gasteiger partial charge < -0.3 is 20.3 Å². The number of nitrogens with zero attached hydrogens (tertiary/aromatic N) is 1. The number of likely N-dealkylation sites (tertiary alicyclic amines) is 1. The van der Waals surface area contributed by atoms with Crippen LogP contribution in [0, 0.1) is 5.92 Å². The lowest BCUT2D eigenvalue weighted by atomic mass is 9.88. The van der Waals surface area contributed by atoms with E-state index >= 15 is 0 Å². The van der Waals surface area contributed by atoms with Gasteiger partial charge in [0.25, 0.3) is 5.91 Å². The van der Waals surface area contributed by atoms with E-state index in [1.165, 1.54) is 0 Å². The zero-order valence-corrected chi connectivity index (χ0v) is 16.7. The summed E-state index contributed by atoms with van der Waals surface area (Å²) in [6.45, 7) is 3.83. The number of hydrogen-bond acceptors (Lipinski definition) is 5. The Bertz CT molecular complexity index is 771. The fraction of sp³-hybridized carbons (Fsp3) is 0.550. The van der Waals surface area contributed by atoms with Crippen LogP contribution in [0.4, 0.5) is 5.69 Å². The lowest BCUT2D eigenvalue weighted by Crippen LogP contribution is -2.47. The molecule has 0 spiro atoms. The molecule has 2 amide bonds. The molecular formula is C20H26ClN3O4. The Hall–Kier alpha value is -2.12. The second kappa shape index (κ2) is 8.49. The van der Waals surface area contributed by atoms with E-state index in [9.17, 15) is 14.4 Å². The van der Waals surface area contributed by atoms with Crippen LogP contribution in [0.25, 0.3) is 0 Å². The summed E-state index contributed by atoms with van der Waals surface area (Å²) in [6.07, 6.45) is 2.76. The Morgan fingerprint density at radius 2 is 1.93 bits per heavy atom. The van der Waals surface area contributed by atoms with Crippen LogP contribution in [-0.2, 0) is 9.59 Å². The molecule has 0 radical (unpaired) electrons. The highest BCUT2D eigenvalue weighted by atomic mass is 35.5. The summed E-state index contributed by atoms with van der Waals surface area (Å²) in [4.78, 5) is 39.1. The van der Waals surface area contributed by atoms with Gasteiger partial charge in [-0.2, -0.15) is 0 Å². The van der Waals surface area contributed by atoms with E-state index in [2.05, 4.69) is 10.6 Å². The molecule has 28 heavy (non-hydrogen) atoms. The third-order valence-electron chi connectivity index (χ3n) is 5.73. The zero-order chi connectivity index (χ0) is 19.0. The van der Waals surface area contributed by atoms with Crippen molar-refractivity contribution < 1.29 is 19.1 Å². The number of amides is 2. The van der Waals surface area contributed by atoms with Crippen molar-refractivity contribution in [1.82, 2.24) is 10.2 Å². The number of hydrogen-bond donors (Lipinski definition) is 2. The van der Waals surface area contributed by atoms with Gasteiger partial charge in [0.1, 0.15) is 5.75 Å². The van der Waals surface area contributed by atoms with Crippen LogP contribution < -0.4 is 15.4 Å². The number of ether oxygens (including phenoxy) is 1. The molecule has 2 N–H and O–H groups in total. The first-order valence-electron chi connectivity index (χ1n) is 9.71. The van der Waals surface area contributed by atoms with E-state index in [0.29, 0.717) is 42.9 Å². The molecule has 7 nitrogen and oxygen atoms in total. The first kappa shape index (κ1) is 20.6. The SMILES string of the molecule is CC1Oc2ccc(C(=O)C3CCN(C(=O)C4CCCN4)CC3)cc2NC1=O.Cl. The summed E-state index contributed by atoms with van der Waals surface area (Å²) in [7, 11) is 0. The minimum absolute atomic E-state index is 0. The molecule has 4 rings (SSSR count). The Labute approximate surface area is 170 Å². The molecule has 1 aromatic carbocycles. The number of carbonyl (C=O) groups excluding carboxylic acids is 3. The lowest BCUT2D eigenvalue weighted by molar-refractivity contribution is -0.134. The van der Waals surface area contributed by atoms with Crippen LogP contribution in [0.5, 0.6) is 5.75 Å². The number of carbonyl (C=O) groups is 3.